The third-order valence-corrected chi connectivity index (χ3v) is 2.49. The number of hydrogen-bond acceptors (Lipinski definition) is 4. The minimum atomic E-state index is -1.70. The summed E-state index contributed by atoms with van der Waals surface area (Å²) < 4.78 is 0. The Balaban J connectivity index is 3.30. The lowest BCUT2D eigenvalue weighted by Crippen LogP contribution is -2.48. The fraction of sp³-hybridized carbons (Fsp3) is 0.273. The molecule has 0 saturated carbocycles. The Hall–Kier alpha value is -2.44. The third-order valence-electron chi connectivity index (χ3n) is 2.49. The van der Waals surface area contributed by atoms with Gasteiger partial charge in [-0.05, 0) is 12.5 Å². The van der Waals surface area contributed by atoms with Gasteiger partial charge in [-0.1, -0.05) is 12.1 Å². The highest BCUT2D eigenvalue weighted by atomic mass is 16.6. The number of nitro benzene ring substituents is 1. The molecule has 0 spiro atoms. The number of amides is 1. The zero-order valence-corrected chi connectivity index (χ0v) is 9.84. The number of nitrogens with zero attached hydrogens (tertiary/aromatic N) is 1. The van der Waals surface area contributed by atoms with E-state index in [9.17, 15) is 24.8 Å². The molecule has 1 amide bonds. The molecular weight excluding hydrogens is 240 g/mol. The van der Waals surface area contributed by atoms with E-state index in [2.05, 4.69) is 5.32 Å². The van der Waals surface area contributed by atoms with Gasteiger partial charge >= 0.3 is 5.97 Å². The van der Waals surface area contributed by atoms with Crippen LogP contribution >= 0.6 is 0 Å². The fourth-order valence-electron chi connectivity index (χ4n) is 1.53. The largest absolute Gasteiger partial charge is 0.479 e. The maximum atomic E-state index is 11.3. The van der Waals surface area contributed by atoms with Crippen LogP contribution in [0, 0.1) is 10.1 Å². The first-order chi connectivity index (χ1) is 8.27. The molecule has 96 valence electrons. The fourth-order valence-corrected chi connectivity index (χ4v) is 1.53. The van der Waals surface area contributed by atoms with Crippen LogP contribution in [0.15, 0.2) is 24.3 Å². The Morgan fingerprint density at radius 2 is 2.06 bits per heavy atom. The molecule has 0 fully saturated rings. The predicted octanol–water partition coefficient (Wildman–Crippen LogP) is 1.03. The monoisotopic (exact) mass is 252 g/mol. The normalized spacial score (nSPS) is 13.4. The second kappa shape index (κ2) is 4.82. The van der Waals surface area contributed by atoms with Crippen molar-refractivity contribution in [2.75, 3.05) is 0 Å². The van der Waals surface area contributed by atoms with Crippen LogP contribution in [0.3, 0.4) is 0 Å². The van der Waals surface area contributed by atoms with Gasteiger partial charge in [-0.25, -0.2) is 4.79 Å². The molecule has 0 aliphatic rings. The molecule has 0 bridgehead atoms. The van der Waals surface area contributed by atoms with Crippen LogP contribution in [-0.4, -0.2) is 21.9 Å². The number of carboxylic acid groups (broad SMARTS) is 1. The van der Waals surface area contributed by atoms with Crippen LogP contribution in [0.4, 0.5) is 5.69 Å². The molecule has 1 aromatic rings. The minimum Gasteiger partial charge on any atom is -0.479 e. The van der Waals surface area contributed by atoms with Crippen LogP contribution in [-0.2, 0) is 15.1 Å². The SMILES string of the molecule is CC(=O)NC(C)(C(=O)O)c1cccc([N+](=O)[O-])c1. The van der Waals surface area contributed by atoms with Crippen molar-refractivity contribution >= 4 is 17.6 Å². The average molecular weight is 252 g/mol. The van der Waals surface area contributed by atoms with E-state index >= 15 is 0 Å². The molecule has 7 nitrogen and oxygen atoms in total. The standard InChI is InChI=1S/C11H12N2O5/c1-7(14)12-11(2,10(15)16)8-4-3-5-9(6-8)13(17)18/h3-6H,1-2H3,(H,12,14)(H,15,16). The molecule has 0 heterocycles. The molecule has 0 aromatic heterocycles. The molecule has 1 aromatic carbocycles. The summed E-state index contributed by atoms with van der Waals surface area (Å²) in [5.74, 6) is -1.83. The molecule has 18 heavy (non-hydrogen) atoms. The summed E-state index contributed by atoms with van der Waals surface area (Å²) in [6.07, 6.45) is 0. The maximum absolute atomic E-state index is 11.3. The molecule has 7 heteroatoms. The Morgan fingerprint density at radius 3 is 2.50 bits per heavy atom. The molecule has 2 N–H and O–H groups in total. The van der Waals surface area contributed by atoms with Gasteiger partial charge in [0.05, 0.1) is 4.92 Å². The van der Waals surface area contributed by atoms with E-state index in [4.69, 9.17) is 0 Å². The van der Waals surface area contributed by atoms with Crippen LogP contribution in [0.5, 0.6) is 0 Å². The van der Waals surface area contributed by atoms with Crippen molar-refractivity contribution in [1.29, 1.82) is 0 Å². The smallest absolute Gasteiger partial charge is 0.333 e. The lowest BCUT2D eigenvalue weighted by Gasteiger charge is -2.25. The van der Waals surface area contributed by atoms with Gasteiger partial charge in [-0.15, -0.1) is 0 Å². The van der Waals surface area contributed by atoms with Gasteiger partial charge in [0.25, 0.3) is 5.69 Å². The molecule has 0 aliphatic heterocycles. The highest BCUT2D eigenvalue weighted by Crippen LogP contribution is 2.24. The lowest BCUT2D eigenvalue weighted by atomic mass is 9.91. The average Bonchev–Trinajstić information content (AvgIpc) is 2.27. The summed E-state index contributed by atoms with van der Waals surface area (Å²) in [6.45, 7) is 2.45. The molecule has 1 rings (SSSR count). The summed E-state index contributed by atoms with van der Waals surface area (Å²) in [7, 11) is 0. The topological polar surface area (TPSA) is 110 Å². The quantitative estimate of drug-likeness (QED) is 0.614. The number of carbonyl (C=O) groups excluding carboxylic acids is 1. The molecular formula is C11H12N2O5. The summed E-state index contributed by atoms with van der Waals surface area (Å²) in [5.41, 5.74) is -1.79. The van der Waals surface area contributed by atoms with Crippen molar-refractivity contribution in [2.45, 2.75) is 19.4 Å². The van der Waals surface area contributed by atoms with E-state index in [0.29, 0.717) is 0 Å². The van der Waals surface area contributed by atoms with Gasteiger partial charge in [0, 0.05) is 19.1 Å². The van der Waals surface area contributed by atoms with Crippen molar-refractivity contribution < 1.29 is 19.6 Å². The Kier molecular flexibility index (Phi) is 3.65. The van der Waals surface area contributed by atoms with E-state index in [1.54, 1.807) is 0 Å². The van der Waals surface area contributed by atoms with E-state index < -0.39 is 22.3 Å². The van der Waals surface area contributed by atoms with E-state index in [-0.39, 0.29) is 11.3 Å². The van der Waals surface area contributed by atoms with Crippen LogP contribution in [0.1, 0.15) is 19.4 Å². The minimum absolute atomic E-state index is 0.138. The highest BCUT2D eigenvalue weighted by Gasteiger charge is 2.36. The first kappa shape index (κ1) is 13.6. The van der Waals surface area contributed by atoms with Crippen molar-refractivity contribution in [3.05, 3.63) is 39.9 Å². The van der Waals surface area contributed by atoms with Gasteiger partial charge in [-0.2, -0.15) is 0 Å². The predicted molar refractivity (Wildman–Crippen MR) is 61.9 cm³/mol. The number of carbonyl (C=O) groups is 2. The molecule has 0 saturated heterocycles. The van der Waals surface area contributed by atoms with Crippen LogP contribution < -0.4 is 5.32 Å². The number of non-ortho nitro benzene ring substituents is 1. The highest BCUT2D eigenvalue weighted by molar-refractivity contribution is 5.87. The number of aliphatic carboxylic acids is 1. The second-order valence-corrected chi connectivity index (χ2v) is 3.92. The first-order valence-corrected chi connectivity index (χ1v) is 5.04. The number of rotatable bonds is 4. The number of nitro groups is 1. The van der Waals surface area contributed by atoms with Gasteiger partial charge in [0.15, 0.2) is 5.54 Å². The summed E-state index contributed by atoms with van der Waals surface area (Å²) in [4.78, 5) is 32.3. The van der Waals surface area contributed by atoms with Crippen molar-refractivity contribution in [2.24, 2.45) is 0 Å². The summed E-state index contributed by atoms with van der Waals surface area (Å²) >= 11 is 0. The summed E-state index contributed by atoms with van der Waals surface area (Å²) in [5, 5.41) is 22.1. The number of nitrogens with one attached hydrogen (secondary N) is 1. The zero-order valence-electron chi connectivity index (χ0n) is 9.84. The van der Waals surface area contributed by atoms with Gasteiger partial charge in [0.2, 0.25) is 5.91 Å². The second-order valence-electron chi connectivity index (χ2n) is 3.92. The van der Waals surface area contributed by atoms with Gasteiger partial charge in [-0.3, -0.25) is 14.9 Å². The zero-order chi connectivity index (χ0) is 13.9. The van der Waals surface area contributed by atoms with Gasteiger partial charge in [0.1, 0.15) is 0 Å². The van der Waals surface area contributed by atoms with E-state index in [0.717, 1.165) is 6.07 Å². The number of benzene rings is 1. The lowest BCUT2D eigenvalue weighted by molar-refractivity contribution is -0.385. The van der Waals surface area contributed by atoms with Crippen molar-refractivity contribution in [3.8, 4) is 0 Å². The van der Waals surface area contributed by atoms with Crippen LogP contribution in [0.25, 0.3) is 0 Å². The first-order valence-electron chi connectivity index (χ1n) is 5.04. The van der Waals surface area contributed by atoms with Crippen molar-refractivity contribution in [1.82, 2.24) is 5.32 Å². The van der Waals surface area contributed by atoms with Crippen LogP contribution in [0.2, 0.25) is 0 Å². The molecule has 0 aliphatic carbocycles. The van der Waals surface area contributed by atoms with Gasteiger partial charge < -0.3 is 10.4 Å². The number of hydrogen-bond donors (Lipinski definition) is 2. The van der Waals surface area contributed by atoms with E-state index in [1.165, 1.54) is 32.0 Å². The Labute approximate surface area is 103 Å². The van der Waals surface area contributed by atoms with Crippen molar-refractivity contribution in [3.63, 3.8) is 0 Å². The van der Waals surface area contributed by atoms with E-state index in [1.807, 2.05) is 0 Å². The molecule has 1 unspecified atom stereocenters. The Bertz CT molecular complexity index is 514. The number of carboxylic acids is 1. The summed E-state index contributed by atoms with van der Waals surface area (Å²) in [6, 6.07) is 5.16. The Morgan fingerprint density at radius 1 is 1.44 bits per heavy atom. The molecule has 1 atom stereocenters. The third kappa shape index (κ3) is 2.62. The molecule has 0 radical (unpaired) electrons. The maximum Gasteiger partial charge on any atom is 0.333 e.